The van der Waals surface area contributed by atoms with E-state index in [2.05, 4.69) is 20.5 Å². The number of carbonyl (C=O) groups excluding carboxylic acids is 2. The van der Waals surface area contributed by atoms with Crippen LogP contribution in [0.4, 0.5) is 15.9 Å². The lowest BCUT2D eigenvalue weighted by molar-refractivity contribution is -0.117. The van der Waals surface area contributed by atoms with Crippen LogP contribution >= 0.6 is 11.6 Å². The summed E-state index contributed by atoms with van der Waals surface area (Å²) >= 11 is 6.46. The number of fused-ring (bicyclic) bond motifs is 2. The van der Waals surface area contributed by atoms with Crippen LogP contribution in [0, 0.1) is 5.82 Å². The van der Waals surface area contributed by atoms with Gasteiger partial charge in [-0.2, -0.15) is 5.10 Å². The van der Waals surface area contributed by atoms with E-state index in [4.69, 9.17) is 11.6 Å². The molecule has 0 radical (unpaired) electrons. The first-order chi connectivity index (χ1) is 14.1. The molecule has 8 nitrogen and oxygen atoms in total. The predicted octanol–water partition coefficient (Wildman–Crippen LogP) is 3.37. The van der Waals surface area contributed by atoms with E-state index in [-0.39, 0.29) is 16.6 Å². The van der Waals surface area contributed by atoms with Crippen molar-refractivity contribution in [2.75, 3.05) is 16.8 Å². The van der Waals surface area contributed by atoms with Gasteiger partial charge in [0.1, 0.15) is 11.3 Å². The molecule has 1 aliphatic rings. The molecule has 1 saturated heterocycles. The summed E-state index contributed by atoms with van der Waals surface area (Å²) in [7, 11) is 0. The minimum Gasteiger partial charge on any atom is -0.312 e. The molecular formula is C19H14ClFN6O2. The van der Waals surface area contributed by atoms with Crippen LogP contribution in [-0.2, 0) is 9.59 Å². The number of rotatable bonds is 4. The smallest absolute Gasteiger partial charge is 0.227 e. The summed E-state index contributed by atoms with van der Waals surface area (Å²) in [6.45, 7) is 0.438. The molecule has 0 saturated carbocycles. The maximum absolute atomic E-state index is 15.4. The number of hydrogen-bond acceptors (Lipinski definition) is 4. The van der Waals surface area contributed by atoms with E-state index in [0.29, 0.717) is 59.3 Å². The highest BCUT2D eigenvalue weighted by Crippen LogP contribution is 2.43. The Hall–Kier alpha value is -3.46. The molecule has 0 spiro atoms. The maximum Gasteiger partial charge on any atom is 0.227 e. The molecule has 4 heterocycles. The van der Waals surface area contributed by atoms with Crippen molar-refractivity contribution in [3.63, 3.8) is 0 Å². The minimum atomic E-state index is -0.664. The number of benzene rings is 1. The zero-order valence-corrected chi connectivity index (χ0v) is 15.7. The maximum atomic E-state index is 15.4. The summed E-state index contributed by atoms with van der Waals surface area (Å²) in [4.78, 5) is 28.5. The first-order valence-corrected chi connectivity index (χ1v) is 9.30. The number of anilines is 2. The second-order valence-corrected chi connectivity index (χ2v) is 7.11. The molecule has 0 atom stereocenters. The largest absolute Gasteiger partial charge is 0.312 e. The lowest BCUT2D eigenvalue weighted by Gasteiger charge is -2.20. The number of halogens is 2. The summed E-state index contributed by atoms with van der Waals surface area (Å²) in [5.74, 6) is -0.410. The van der Waals surface area contributed by atoms with E-state index < -0.39 is 5.82 Å². The number of imidazole rings is 1. The van der Waals surface area contributed by atoms with Crippen molar-refractivity contribution in [2.24, 2.45) is 0 Å². The van der Waals surface area contributed by atoms with Gasteiger partial charge < -0.3 is 14.6 Å². The Kier molecular flexibility index (Phi) is 3.99. The van der Waals surface area contributed by atoms with Gasteiger partial charge >= 0.3 is 0 Å². The molecule has 146 valence electrons. The van der Waals surface area contributed by atoms with Crippen molar-refractivity contribution in [2.45, 2.75) is 12.8 Å². The van der Waals surface area contributed by atoms with Crippen LogP contribution in [-0.4, -0.2) is 38.4 Å². The molecule has 0 unspecified atom stereocenters. The molecule has 2 amide bonds. The molecule has 1 fully saturated rings. The number of nitrogens with one attached hydrogen (secondary N) is 2. The Morgan fingerprint density at radius 3 is 2.93 bits per heavy atom. The fraction of sp³-hybridized carbons (Fsp3) is 0.158. The van der Waals surface area contributed by atoms with Gasteiger partial charge in [-0.1, -0.05) is 11.6 Å². The van der Waals surface area contributed by atoms with Crippen LogP contribution in [0.5, 0.6) is 0 Å². The molecular weight excluding hydrogens is 399 g/mol. The Bertz CT molecular complexity index is 1300. The molecule has 5 rings (SSSR count). The van der Waals surface area contributed by atoms with Crippen molar-refractivity contribution in [1.82, 2.24) is 19.6 Å². The van der Waals surface area contributed by atoms with Gasteiger partial charge in [0.2, 0.25) is 12.3 Å². The molecule has 0 aliphatic carbocycles. The van der Waals surface area contributed by atoms with Gasteiger partial charge in [0.15, 0.2) is 11.6 Å². The van der Waals surface area contributed by atoms with E-state index in [9.17, 15) is 9.59 Å². The summed E-state index contributed by atoms with van der Waals surface area (Å²) in [6.07, 6.45) is 6.54. The van der Waals surface area contributed by atoms with Gasteiger partial charge in [-0.3, -0.25) is 14.7 Å². The van der Waals surface area contributed by atoms with Crippen LogP contribution in [0.1, 0.15) is 12.8 Å². The Labute approximate surface area is 168 Å². The minimum absolute atomic E-state index is 0.0840. The Morgan fingerprint density at radius 2 is 2.17 bits per heavy atom. The fourth-order valence-electron chi connectivity index (χ4n) is 3.79. The number of pyridine rings is 1. The average molecular weight is 413 g/mol. The van der Waals surface area contributed by atoms with Crippen LogP contribution in [0.25, 0.3) is 27.7 Å². The molecule has 1 aliphatic heterocycles. The summed E-state index contributed by atoms with van der Waals surface area (Å²) < 4.78 is 17.1. The standard InChI is InChI=1S/C19H14ClFN6O2/c20-16-15(10-3-4-13-24-12(22-9-28)8-26(13)7-10)11-6-23-25-18(11)19(17(16)21)27-5-1-2-14(27)29/h3-4,6-9H,1-2,5H2,(H,22,28)(H,23,25). The summed E-state index contributed by atoms with van der Waals surface area (Å²) in [5, 5.41) is 9.89. The van der Waals surface area contributed by atoms with E-state index >= 15 is 4.39 Å². The van der Waals surface area contributed by atoms with E-state index in [1.807, 2.05) is 0 Å². The van der Waals surface area contributed by atoms with E-state index in [1.54, 1.807) is 35.1 Å². The molecule has 0 bridgehead atoms. The highest BCUT2D eigenvalue weighted by atomic mass is 35.5. The summed E-state index contributed by atoms with van der Waals surface area (Å²) in [6, 6.07) is 3.50. The lowest BCUT2D eigenvalue weighted by Crippen LogP contribution is -2.25. The zero-order valence-electron chi connectivity index (χ0n) is 14.9. The third-order valence-electron chi connectivity index (χ3n) is 5.06. The van der Waals surface area contributed by atoms with Gasteiger partial charge in [-0.25, -0.2) is 9.37 Å². The van der Waals surface area contributed by atoms with Crippen molar-refractivity contribution in [1.29, 1.82) is 0 Å². The Morgan fingerprint density at radius 1 is 1.31 bits per heavy atom. The second kappa shape index (κ2) is 6.56. The number of aromatic amines is 1. The van der Waals surface area contributed by atoms with Gasteiger partial charge in [0.25, 0.3) is 0 Å². The number of amides is 2. The Balaban J connectivity index is 1.73. The third kappa shape index (κ3) is 2.65. The molecule has 3 aromatic heterocycles. The number of H-pyrrole nitrogens is 1. The molecule has 4 aromatic rings. The number of hydrogen-bond donors (Lipinski definition) is 2. The summed E-state index contributed by atoms with van der Waals surface area (Å²) in [5.41, 5.74) is 2.27. The van der Waals surface area contributed by atoms with Crippen molar-refractivity contribution in [3.8, 4) is 11.1 Å². The van der Waals surface area contributed by atoms with E-state index in [0.717, 1.165) is 0 Å². The van der Waals surface area contributed by atoms with Gasteiger partial charge in [-0.15, -0.1) is 0 Å². The second-order valence-electron chi connectivity index (χ2n) is 6.73. The number of nitrogens with zero attached hydrogens (tertiary/aromatic N) is 4. The van der Waals surface area contributed by atoms with Gasteiger partial charge in [0, 0.05) is 35.7 Å². The monoisotopic (exact) mass is 412 g/mol. The van der Waals surface area contributed by atoms with Crippen LogP contribution in [0.2, 0.25) is 5.02 Å². The predicted molar refractivity (Wildman–Crippen MR) is 107 cm³/mol. The molecule has 29 heavy (non-hydrogen) atoms. The molecule has 10 heteroatoms. The van der Waals surface area contributed by atoms with Gasteiger partial charge in [0.05, 0.1) is 22.9 Å². The first kappa shape index (κ1) is 17.6. The highest BCUT2D eigenvalue weighted by Gasteiger charge is 2.30. The highest BCUT2D eigenvalue weighted by molar-refractivity contribution is 6.36. The third-order valence-corrected chi connectivity index (χ3v) is 5.41. The normalized spacial score (nSPS) is 14.3. The van der Waals surface area contributed by atoms with Crippen LogP contribution < -0.4 is 10.2 Å². The van der Waals surface area contributed by atoms with Crippen molar-refractivity contribution >= 4 is 52.0 Å². The number of aromatic nitrogens is 4. The first-order valence-electron chi connectivity index (χ1n) is 8.92. The van der Waals surface area contributed by atoms with Crippen LogP contribution in [0.3, 0.4) is 0 Å². The van der Waals surface area contributed by atoms with Crippen LogP contribution in [0.15, 0.2) is 30.7 Å². The van der Waals surface area contributed by atoms with E-state index in [1.165, 1.54) is 4.90 Å². The van der Waals surface area contributed by atoms with Gasteiger partial charge in [-0.05, 0) is 18.6 Å². The van der Waals surface area contributed by atoms with Crippen molar-refractivity contribution in [3.05, 3.63) is 41.6 Å². The average Bonchev–Trinajstić information content (AvgIpc) is 3.43. The zero-order chi connectivity index (χ0) is 20.1. The molecule has 1 aromatic carbocycles. The quantitative estimate of drug-likeness (QED) is 0.502. The van der Waals surface area contributed by atoms with Crippen molar-refractivity contribution < 1.29 is 14.0 Å². The topological polar surface area (TPSA) is 95.4 Å². The fourth-order valence-corrected chi connectivity index (χ4v) is 4.09. The lowest BCUT2D eigenvalue weighted by atomic mass is 10.0. The number of carbonyl (C=O) groups is 2. The molecule has 2 N–H and O–H groups in total. The SMILES string of the molecule is O=CNc1cn2cc(-c3c(Cl)c(F)c(N4CCCC4=O)c4[nH]ncc34)ccc2n1.